The normalized spacial score (nSPS) is 13.4. The van der Waals surface area contributed by atoms with Crippen molar-refractivity contribution < 1.29 is 8.42 Å². The van der Waals surface area contributed by atoms with E-state index in [0.717, 1.165) is 24.8 Å². The maximum atomic E-state index is 11.9. The van der Waals surface area contributed by atoms with Gasteiger partial charge < -0.3 is 5.32 Å². The van der Waals surface area contributed by atoms with Crippen LogP contribution in [0.25, 0.3) is 0 Å². The molecule has 0 saturated heterocycles. The Balaban J connectivity index is 2.76. The molecule has 0 aromatic heterocycles. The van der Waals surface area contributed by atoms with Crippen molar-refractivity contribution in [2.45, 2.75) is 44.0 Å². The molecule has 0 bridgehead atoms. The summed E-state index contributed by atoms with van der Waals surface area (Å²) in [6, 6.07) is 7.56. The number of sulfonamides is 1. The van der Waals surface area contributed by atoms with Crippen molar-refractivity contribution in [1.82, 2.24) is 10.0 Å². The Morgan fingerprint density at radius 2 is 1.79 bits per heavy atom. The SMILES string of the molecule is CCCNS(=O)(=O)c1ccc(CC(CC)NC)cc1. The quantitative estimate of drug-likeness (QED) is 0.767. The molecule has 0 heterocycles. The van der Waals surface area contributed by atoms with Gasteiger partial charge in [0.2, 0.25) is 10.0 Å². The van der Waals surface area contributed by atoms with E-state index in [0.29, 0.717) is 17.5 Å². The molecule has 2 N–H and O–H groups in total. The molecule has 0 fully saturated rings. The van der Waals surface area contributed by atoms with Crippen LogP contribution in [-0.2, 0) is 16.4 Å². The molecule has 0 aliphatic rings. The van der Waals surface area contributed by atoms with Crippen LogP contribution in [0.4, 0.5) is 0 Å². The maximum absolute atomic E-state index is 11.9. The summed E-state index contributed by atoms with van der Waals surface area (Å²) in [5.74, 6) is 0. The summed E-state index contributed by atoms with van der Waals surface area (Å²) in [5.41, 5.74) is 1.15. The van der Waals surface area contributed by atoms with Gasteiger partial charge in [0.05, 0.1) is 4.90 Å². The molecule has 108 valence electrons. The average molecular weight is 284 g/mol. The lowest BCUT2D eigenvalue weighted by atomic mass is 10.0. The zero-order chi connectivity index (χ0) is 14.3. The van der Waals surface area contributed by atoms with Gasteiger partial charge in [-0.05, 0) is 44.0 Å². The number of hydrogen-bond donors (Lipinski definition) is 2. The van der Waals surface area contributed by atoms with Crippen LogP contribution >= 0.6 is 0 Å². The summed E-state index contributed by atoms with van der Waals surface area (Å²) in [6.45, 7) is 4.55. The first-order valence-corrected chi connectivity index (χ1v) is 8.27. The van der Waals surface area contributed by atoms with E-state index in [2.05, 4.69) is 17.0 Å². The molecule has 19 heavy (non-hydrogen) atoms. The lowest BCUT2D eigenvalue weighted by Gasteiger charge is -2.14. The van der Waals surface area contributed by atoms with Gasteiger partial charge in [-0.3, -0.25) is 0 Å². The fraction of sp³-hybridized carbons (Fsp3) is 0.571. The van der Waals surface area contributed by atoms with Gasteiger partial charge >= 0.3 is 0 Å². The molecule has 1 atom stereocenters. The predicted molar refractivity (Wildman–Crippen MR) is 78.8 cm³/mol. The highest BCUT2D eigenvalue weighted by molar-refractivity contribution is 7.89. The Bertz CT molecular complexity index is 465. The minimum Gasteiger partial charge on any atom is -0.317 e. The number of hydrogen-bond acceptors (Lipinski definition) is 3. The summed E-state index contributed by atoms with van der Waals surface area (Å²) >= 11 is 0. The Morgan fingerprint density at radius 3 is 2.26 bits per heavy atom. The molecular weight excluding hydrogens is 260 g/mol. The molecule has 4 nitrogen and oxygen atoms in total. The van der Waals surface area contributed by atoms with E-state index in [1.165, 1.54) is 0 Å². The Hall–Kier alpha value is -0.910. The number of rotatable bonds is 8. The van der Waals surface area contributed by atoms with E-state index >= 15 is 0 Å². The van der Waals surface area contributed by atoms with Crippen molar-refractivity contribution >= 4 is 10.0 Å². The van der Waals surface area contributed by atoms with Crippen molar-refractivity contribution in [2.75, 3.05) is 13.6 Å². The lowest BCUT2D eigenvalue weighted by molar-refractivity contribution is 0.543. The molecule has 1 rings (SSSR count). The first kappa shape index (κ1) is 16.1. The molecule has 0 amide bonds. The molecule has 5 heteroatoms. The van der Waals surface area contributed by atoms with Crippen molar-refractivity contribution in [3.63, 3.8) is 0 Å². The van der Waals surface area contributed by atoms with Gasteiger partial charge in [0.25, 0.3) is 0 Å². The summed E-state index contributed by atoms with van der Waals surface area (Å²) in [7, 11) is -1.40. The van der Waals surface area contributed by atoms with Crippen LogP contribution in [0.15, 0.2) is 29.2 Å². The summed E-state index contributed by atoms with van der Waals surface area (Å²) in [6.07, 6.45) is 2.75. The van der Waals surface area contributed by atoms with Gasteiger partial charge in [-0.1, -0.05) is 26.0 Å². The van der Waals surface area contributed by atoms with E-state index in [9.17, 15) is 8.42 Å². The van der Waals surface area contributed by atoms with Crippen LogP contribution in [0.2, 0.25) is 0 Å². The van der Waals surface area contributed by atoms with Crippen LogP contribution in [-0.4, -0.2) is 28.1 Å². The Labute approximate surface area is 116 Å². The van der Waals surface area contributed by atoms with Gasteiger partial charge in [0.1, 0.15) is 0 Å². The van der Waals surface area contributed by atoms with E-state index in [-0.39, 0.29) is 0 Å². The number of benzene rings is 1. The van der Waals surface area contributed by atoms with Crippen molar-refractivity contribution in [3.05, 3.63) is 29.8 Å². The Morgan fingerprint density at radius 1 is 1.16 bits per heavy atom. The highest BCUT2D eigenvalue weighted by Crippen LogP contribution is 2.12. The van der Waals surface area contributed by atoms with Gasteiger partial charge in [0.15, 0.2) is 0 Å². The van der Waals surface area contributed by atoms with Crippen molar-refractivity contribution in [2.24, 2.45) is 0 Å². The van der Waals surface area contributed by atoms with Crippen LogP contribution in [0.5, 0.6) is 0 Å². The van der Waals surface area contributed by atoms with Crippen molar-refractivity contribution in [1.29, 1.82) is 0 Å². The Kier molecular flexibility index (Phi) is 6.48. The second kappa shape index (κ2) is 7.62. The number of likely N-dealkylation sites (N-methyl/N-ethyl adjacent to an activating group) is 1. The fourth-order valence-corrected chi connectivity index (χ4v) is 2.99. The van der Waals surface area contributed by atoms with Crippen LogP contribution in [0.3, 0.4) is 0 Å². The number of nitrogens with one attached hydrogen (secondary N) is 2. The topological polar surface area (TPSA) is 58.2 Å². The second-order valence-electron chi connectivity index (χ2n) is 4.64. The molecular formula is C14H24N2O2S. The van der Waals surface area contributed by atoms with Gasteiger partial charge in [-0.25, -0.2) is 13.1 Å². The minimum absolute atomic E-state index is 0.335. The summed E-state index contributed by atoms with van der Waals surface area (Å²) < 4.78 is 26.4. The van der Waals surface area contributed by atoms with E-state index in [4.69, 9.17) is 0 Å². The highest BCUT2D eigenvalue weighted by Gasteiger charge is 2.13. The third-order valence-electron chi connectivity index (χ3n) is 3.16. The zero-order valence-corrected chi connectivity index (χ0v) is 12.8. The van der Waals surface area contributed by atoms with Crippen LogP contribution in [0.1, 0.15) is 32.3 Å². The highest BCUT2D eigenvalue weighted by atomic mass is 32.2. The standard InChI is InChI=1S/C14H24N2O2S/c1-4-10-16-19(17,18)14-8-6-12(7-9-14)11-13(5-2)15-3/h6-9,13,15-16H,4-5,10-11H2,1-3H3. The van der Waals surface area contributed by atoms with Crippen molar-refractivity contribution in [3.8, 4) is 0 Å². The fourth-order valence-electron chi connectivity index (χ4n) is 1.86. The largest absolute Gasteiger partial charge is 0.317 e. The molecule has 0 radical (unpaired) electrons. The summed E-state index contributed by atoms with van der Waals surface area (Å²) in [5, 5.41) is 3.24. The third kappa shape index (κ3) is 4.93. The zero-order valence-electron chi connectivity index (χ0n) is 11.9. The van der Waals surface area contributed by atoms with E-state index in [1.807, 2.05) is 26.1 Å². The molecule has 0 saturated carbocycles. The molecule has 1 aromatic carbocycles. The third-order valence-corrected chi connectivity index (χ3v) is 4.64. The van der Waals surface area contributed by atoms with Gasteiger partial charge in [-0.2, -0.15) is 0 Å². The van der Waals surface area contributed by atoms with Gasteiger partial charge in [0, 0.05) is 12.6 Å². The van der Waals surface area contributed by atoms with Crippen LogP contribution < -0.4 is 10.0 Å². The average Bonchev–Trinajstić information content (AvgIpc) is 2.43. The molecule has 0 aliphatic heterocycles. The molecule has 0 aliphatic carbocycles. The molecule has 1 unspecified atom stereocenters. The first-order chi connectivity index (χ1) is 9.03. The van der Waals surface area contributed by atoms with E-state index < -0.39 is 10.0 Å². The first-order valence-electron chi connectivity index (χ1n) is 6.79. The second-order valence-corrected chi connectivity index (χ2v) is 6.41. The molecule has 1 aromatic rings. The molecule has 0 spiro atoms. The minimum atomic E-state index is -3.34. The van der Waals surface area contributed by atoms with E-state index in [1.54, 1.807) is 12.1 Å². The maximum Gasteiger partial charge on any atom is 0.240 e. The lowest BCUT2D eigenvalue weighted by Crippen LogP contribution is -2.26. The monoisotopic (exact) mass is 284 g/mol. The summed E-state index contributed by atoms with van der Waals surface area (Å²) in [4.78, 5) is 0.335. The predicted octanol–water partition coefficient (Wildman–Crippen LogP) is 1.92. The smallest absolute Gasteiger partial charge is 0.240 e. The van der Waals surface area contributed by atoms with Gasteiger partial charge in [-0.15, -0.1) is 0 Å². The van der Waals surface area contributed by atoms with Crippen LogP contribution in [0, 0.1) is 0 Å².